The molecule has 0 amide bonds. The van der Waals surface area contributed by atoms with Crippen LogP contribution in [-0.2, 0) is 4.74 Å². The van der Waals surface area contributed by atoms with Crippen LogP contribution in [0.2, 0.25) is 5.02 Å². The van der Waals surface area contributed by atoms with Gasteiger partial charge in [-0.1, -0.05) is 36.9 Å². The molecule has 0 aliphatic carbocycles. The molecule has 1 aromatic rings. The van der Waals surface area contributed by atoms with Crippen molar-refractivity contribution in [3.8, 4) is 5.75 Å². The van der Waals surface area contributed by atoms with Gasteiger partial charge in [-0.2, -0.15) is 0 Å². The zero-order valence-electron chi connectivity index (χ0n) is 16.4. The van der Waals surface area contributed by atoms with Crippen LogP contribution in [0.3, 0.4) is 0 Å². The van der Waals surface area contributed by atoms with Crippen molar-refractivity contribution in [1.82, 2.24) is 10.2 Å². The molecule has 5 nitrogen and oxygen atoms in total. The number of halogens is 1. The third kappa shape index (κ3) is 4.66. The van der Waals surface area contributed by atoms with Crippen molar-refractivity contribution < 1.29 is 9.47 Å². The molecule has 1 saturated heterocycles. The normalized spacial score (nSPS) is 19.6. The summed E-state index contributed by atoms with van der Waals surface area (Å²) in [6.07, 6.45) is 6.38. The van der Waals surface area contributed by atoms with Crippen LogP contribution in [-0.4, -0.2) is 43.5 Å². The maximum absolute atomic E-state index is 6.20. The summed E-state index contributed by atoms with van der Waals surface area (Å²) >= 11 is 6.20. The van der Waals surface area contributed by atoms with Gasteiger partial charge in [0.05, 0.1) is 18.4 Å². The van der Waals surface area contributed by atoms with E-state index in [0.717, 1.165) is 54.7 Å². The molecule has 1 fully saturated rings. The lowest BCUT2D eigenvalue weighted by atomic mass is 10.1. The van der Waals surface area contributed by atoms with Crippen molar-refractivity contribution in [2.24, 2.45) is 4.99 Å². The van der Waals surface area contributed by atoms with Crippen molar-refractivity contribution >= 4 is 23.1 Å². The fourth-order valence-corrected chi connectivity index (χ4v) is 3.49. The highest BCUT2D eigenvalue weighted by Gasteiger charge is 2.27. The number of methoxy groups -OCH3 is 1. The number of hydrogen-bond donors (Lipinski definition) is 1. The number of allylic oxidation sites excluding steroid dienone is 3. The van der Waals surface area contributed by atoms with Crippen LogP contribution in [0.5, 0.6) is 5.75 Å². The number of nitrogens with one attached hydrogen (secondary N) is 1. The van der Waals surface area contributed by atoms with E-state index in [0.29, 0.717) is 10.8 Å². The molecule has 0 radical (unpaired) electrons. The van der Waals surface area contributed by atoms with Crippen LogP contribution in [0, 0.1) is 0 Å². The van der Waals surface area contributed by atoms with E-state index in [2.05, 4.69) is 23.4 Å². The molecule has 2 aliphatic heterocycles. The molecule has 0 aromatic heterocycles. The Bertz CT molecular complexity index is 857. The summed E-state index contributed by atoms with van der Waals surface area (Å²) in [6.45, 7) is 12.2. The molecule has 0 bridgehead atoms. The standard InChI is InChI=1S/C22H26ClN3O2/c1-5-6-7-19-16(3)28-21-9-8-17(23)13-20(21)25-22(19)26-11-10-24-18(14-26)12-15(2)27-4/h5-9,13,18,24H,1-2,10-12,14H2,3-4H3/b7-6-. The zero-order valence-corrected chi connectivity index (χ0v) is 17.1. The first kappa shape index (κ1) is 20.2. The van der Waals surface area contributed by atoms with E-state index in [4.69, 9.17) is 26.1 Å². The van der Waals surface area contributed by atoms with E-state index >= 15 is 0 Å². The average Bonchev–Trinajstić information content (AvgIpc) is 2.82. The predicted octanol–water partition coefficient (Wildman–Crippen LogP) is 4.60. The van der Waals surface area contributed by atoms with Crippen LogP contribution in [0.15, 0.2) is 71.7 Å². The second kappa shape index (κ2) is 9.13. The highest BCUT2D eigenvalue weighted by atomic mass is 35.5. The first-order valence-electron chi connectivity index (χ1n) is 9.28. The number of piperazine rings is 1. The molecular weight excluding hydrogens is 374 g/mol. The van der Waals surface area contributed by atoms with Gasteiger partial charge in [-0.05, 0) is 31.2 Å². The maximum atomic E-state index is 6.20. The highest BCUT2D eigenvalue weighted by Crippen LogP contribution is 2.36. The van der Waals surface area contributed by atoms with Gasteiger partial charge in [0.1, 0.15) is 17.3 Å². The highest BCUT2D eigenvalue weighted by molar-refractivity contribution is 6.31. The Morgan fingerprint density at radius 3 is 3.07 bits per heavy atom. The second-order valence-corrected chi connectivity index (χ2v) is 7.19. The van der Waals surface area contributed by atoms with Crippen LogP contribution >= 0.6 is 11.6 Å². The van der Waals surface area contributed by atoms with Gasteiger partial charge in [0.25, 0.3) is 0 Å². The van der Waals surface area contributed by atoms with Crippen LogP contribution in [0.4, 0.5) is 5.69 Å². The van der Waals surface area contributed by atoms with Crippen LogP contribution < -0.4 is 10.1 Å². The molecule has 0 spiro atoms. The summed E-state index contributed by atoms with van der Waals surface area (Å²) < 4.78 is 11.4. The van der Waals surface area contributed by atoms with E-state index in [1.807, 2.05) is 37.3 Å². The molecule has 1 aromatic carbocycles. The second-order valence-electron chi connectivity index (χ2n) is 6.76. The summed E-state index contributed by atoms with van der Waals surface area (Å²) in [7, 11) is 1.65. The number of hydrogen-bond acceptors (Lipinski definition) is 5. The SMILES string of the molecule is C=C/C=C\C1=C(C)Oc2ccc(Cl)cc2N=C1N1CCNC(CC(=C)OC)C1. The lowest BCUT2D eigenvalue weighted by Crippen LogP contribution is -2.53. The Balaban J connectivity index is 1.99. The third-order valence-electron chi connectivity index (χ3n) is 4.75. The maximum Gasteiger partial charge on any atom is 0.152 e. The molecule has 148 valence electrons. The number of nitrogens with zero attached hydrogens (tertiary/aromatic N) is 2. The number of aliphatic imine (C=N–C) groups is 1. The predicted molar refractivity (Wildman–Crippen MR) is 115 cm³/mol. The quantitative estimate of drug-likeness (QED) is 0.580. The van der Waals surface area contributed by atoms with Gasteiger partial charge in [-0.3, -0.25) is 0 Å². The first-order chi connectivity index (χ1) is 13.5. The molecule has 28 heavy (non-hydrogen) atoms. The fourth-order valence-electron chi connectivity index (χ4n) is 3.33. The lowest BCUT2D eigenvalue weighted by Gasteiger charge is -2.36. The minimum absolute atomic E-state index is 0.233. The monoisotopic (exact) mass is 399 g/mol. The number of fused-ring (bicyclic) bond motifs is 1. The number of ether oxygens (including phenoxy) is 2. The molecule has 3 rings (SSSR count). The van der Waals surface area contributed by atoms with E-state index in [1.54, 1.807) is 13.2 Å². The van der Waals surface area contributed by atoms with Gasteiger partial charge in [-0.15, -0.1) is 0 Å². The van der Waals surface area contributed by atoms with Gasteiger partial charge in [0.15, 0.2) is 5.75 Å². The number of benzene rings is 1. The summed E-state index contributed by atoms with van der Waals surface area (Å²) in [5.74, 6) is 3.11. The van der Waals surface area contributed by atoms with Crippen LogP contribution in [0.1, 0.15) is 13.3 Å². The Kier molecular flexibility index (Phi) is 6.60. The van der Waals surface area contributed by atoms with E-state index in [9.17, 15) is 0 Å². The smallest absolute Gasteiger partial charge is 0.152 e. The Morgan fingerprint density at radius 1 is 1.50 bits per heavy atom. The largest absolute Gasteiger partial charge is 0.502 e. The minimum atomic E-state index is 0.233. The van der Waals surface area contributed by atoms with Gasteiger partial charge in [-0.25, -0.2) is 4.99 Å². The molecule has 1 N–H and O–H groups in total. The van der Waals surface area contributed by atoms with Gasteiger partial charge < -0.3 is 19.7 Å². The molecule has 6 heteroatoms. The van der Waals surface area contributed by atoms with Crippen LogP contribution in [0.25, 0.3) is 0 Å². The van der Waals surface area contributed by atoms with Crippen molar-refractivity contribution in [2.45, 2.75) is 19.4 Å². The number of amidine groups is 1. The molecule has 0 saturated carbocycles. The summed E-state index contributed by atoms with van der Waals surface area (Å²) in [4.78, 5) is 7.22. The topological polar surface area (TPSA) is 46.1 Å². The Hall–Kier alpha value is -2.50. The summed E-state index contributed by atoms with van der Waals surface area (Å²) in [5, 5.41) is 4.15. The lowest BCUT2D eigenvalue weighted by molar-refractivity contribution is 0.234. The average molecular weight is 400 g/mol. The minimum Gasteiger partial charge on any atom is -0.502 e. The van der Waals surface area contributed by atoms with Crippen molar-refractivity contribution in [2.75, 3.05) is 26.7 Å². The zero-order chi connectivity index (χ0) is 20.1. The molecule has 1 atom stereocenters. The van der Waals surface area contributed by atoms with E-state index < -0.39 is 0 Å². The van der Waals surface area contributed by atoms with E-state index in [1.165, 1.54) is 0 Å². The Morgan fingerprint density at radius 2 is 2.32 bits per heavy atom. The first-order valence-corrected chi connectivity index (χ1v) is 9.66. The van der Waals surface area contributed by atoms with Crippen molar-refractivity contribution in [3.05, 3.63) is 71.7 Å². The molecular formula is C22H26ClN3O2. The molecule has 2 aliphatic rings. The fraction of sp³-hybridized carbons (Fsp3) is 0.318. The molecule has 1 unspecified atom stereocenters. The van der Waals surface area contributed by atoms with Gasteiger partial charge in [0.2, 0.25) is 0 Å². The summed E-state index contributed by atoms with van der Waals surface area (Å²) in [5.41, 5.74) is 1.65. The van der Waals surface area contributed by atoms with Crippen molar-refractivity contribution in [3.63, 3.8) is 0 Å². The summed E-state index contributed by atoms with van der Waals surface area (Å²) in [6, 6.07) is 5.73. The Labute approximate surface area is 171 Å². The van der Waals surface area contributed by atoms with E-state index in [-0.39, 0.29) is 6.04 Å². The van der Waals surface area contributed by atoms with Gasteiger partial charge >= 0.3 is 0 Å². The van der Waals surface area contributed by atoms with Crippen molar-refractivity contribution in [1.29, 1.82) is 0 Å². The number of rotatable bonds is 5. The third-order valence-corrected chi connectivity index (χ3v) is 4.98. The molecule has 2 heterocycles. The van der Waals surface area contributed by atoms with Gasteiger partial charge in [0, 0.05) is 37.1 Å².